The molecule has 2 aromatic rings. The van der Waals surface area contributed by atoms with Crippen LogP contribution in [0.1, 0.15) is 25.2 Å². The maximum atomic E-state index is 4.60. The molecule has 2 rings (SSSR count). The zero-order valence-corrected chi connectivity index (χ0v) is 10.9. The lowest BCUT2D eigenvalue weighted by Gasteiger charge is -2.00. The van der Waals surface area contributed by atoms with Crippen molar-refractivity contribution in [3.8, 4) is 0 Å². The molecule has 2 N–H and O–H groups in total. The summed E-state index contributed by atoms with van der Waals surface area (Å²) in [6.45, 7) is 5.44. The lowest BCUT2D eigenvalue weighted by atomic mass is 10.1. The van der Waals surface area contributed by atoms with Gasteiger partial charge in [-0.3, -0.25) is 0 Å². The average molecular weight is 231 g/mol. The van der Waals surface area contributed by atoms with Crippen LogP contribution in [0.25, 0.3) is 11.0 Å². The van der Waals surface area contributed by atoms with E-state index in [1.165, 1.54) is 5.56 Å². The second-order valence-electron chi connectivity index (χ2n) is 4.99. The molecule has 0 aliphatic rings. The fourth-order valence-corrected chi connectivity index (χ4v) is 2.02. The highest BCUT2D eigenvalue weighted by Gasteiger charge is 2.05. The number of hydrogen-bond donors (Lipinski definition) is 2. The molecule has 0 bridgehead atoms. The summed E-state index contributed by atoms with van der Waals surface area (Å²) in [6.07, 6.45) is 2.07. The molecular formula is C14H21N3. The quantitative estimate of drug-likeness (QED) is 0.830. The minimum Gasteiger partial charge on any atom is -0.342 e. The van der Waals surface area contributed by atoms with Crippen LogP contribution in [-0.2, 0) is 12.8 Å². The molecule has 1 aromatic carbocycles. The standard InChI is InChI=1S/C14H21N3/c1-10(2)8-14-16-12-5-4-11(6-7-15-3)9-13(12)17-14/h4-5,9-10,15H,6-8H2,1-3H3,(H,16,17). The summed E-state index contributed by atoms with van der Waals surface area (Å²) in [5.41, 5.74) is 3.59. The van der Waals surface area contributed by atoms with Crippen LogP contribution in [0, 0.1) is 5.92 Å². The molecule has 92 valence electrons. The lowest BCUT2D eigenvalue weighted by Crippen LogP contribution is -2.10. The zero-order chi connectivity index (χ0) is 12.3. The Morgan fingerprint density at radius 1 is 1.35 bits per heavy atom. The summed E-state index contributed by atoms with van der Waals surface area (Å²) < 4.78 is 0. The molecule has 0 fully saturated rings. The Morgan fingerprint density at radius 2 is 2.18 bits per heavy atom. The molecule has 0 amide bonds. The van der Waals surface area contributed by atoms with E-state index in [9.17, 15) is 0 Å². The number of fused-ring (bicyclic) bond motifs is 1. The Kier molecular flexibility index (Phi) is 3.79. The molecule has 1 heterocycles. The van der Waals surface area contributed by atoms with Crippen LogP contribution < -0.4 is 5.32 Å². The van der Waals surface area contributed by atoms with E-state index in [1.54, 1.807) is 0 Å². The van der Waals surface area contributed by atoms with Crippen LogP contribution in [0.3, 0.4) is 0 Å². The first-order valence-electron chi connectivity index (χ1n) is 6.31. The molecule has 0 saturated heterocycles. The SMILES string of the molecule is CNCCc1ccc2nc(CC(C)C)[nH]c2c1. The molecule has 0 saturated carbocycles. The van der Waals surface area contributed by atoms with Crippen molar-refractivity contribution >= 4 is 11.0 Å². The number of nitrogens with one attached hydrogen (secondary N) is 2. The van der Waals surface area contributed by atoms with Crippen LogP contribution in [0.15, 0.2) is 18.2 Å². The van der Waals surface area contributed by atoms with Gasteiger partial charge in [-0.1, -0.05) is 19.9 Å². The van der Waals surface area contributed by atoms with Gasteiger partial charge in [0.1, 0.15) is 5.82 Å². The highest BCUT2D eigenvalue weighted by Crippen LogP contribution is 2.15. The van der Waals surface area contributed by atoms with E-state index in [4.69, 9.17) is 0 Å². The predicted molar refractivity (Wildman–Crippen MR) is 72.3 cm³/mol. The Balaban J connectivity index is 2.21. The van der Waals surface area contributed by atoms with E-state index in [2.05, 4.69) is 47.3 Å². The van der Waals surface area contributed by atoms with Gasteiger partial charge in [0.2, 0.25) is 0 Å². The topological polar surface area (TPSA) is 40.7 Å². The van der Waals surface area contributed by atoms with Crippen LogP contribution in [0.4, 0.5) is 0 Å². The van der Waals surface area contributed by atoms with E-state index in [0.29, 0.717) is 5.92 Å². The molecule has 0 spiro atoms. The third kappa shape index (κ3) is 3.07. The van der Waals surface area contributed by atoms with Gasteiger partial charge in [0.15, 0.2) is 0 Å². The van der Waals surface area contributed by atoms with Gasteiger partial charge in [-0.05, 0) is 43.6 Å². The Labute approximate surface area is 103 Å². The molecule has 1 aromatic heterocycles. The van der Waals surface area contributed by atoms with Crippen molar-refractivity contribution < 1.29 is 0 Å². The molecule has 3 nitrogen and oxygen atoms in total. The third-order valence-electron chi connectivity index (χ3n) is 2.86. The Hall–Kier alpha value is -1.35. The number of likely N-dealkylation sites (N-methyl/N-ethyl adjacent to an activating group) is 1. The number of imidazole rings is 1. The van der Waals surface area contributed by atoms with Gasteiger partial charge in [0.05, 0.1) is 11.0 Å². The van der Waals surface area contributed by atoms with Crippen molar-refractivity contribution in [2.24, 2.45) is 5.92 Å². The summed E-state index contributed by atoms with van der Waals surface area (Å²) in [7, 11) is 1.98. The lowest BCUT2D eigenvalue weighted by molar-refractivity contribution is 0.627. The van der Waals surface area contributed by atoms with E-state index in [0.717, 1.165) is 36.2 Å². The van der Waals surface area contributed by atoms with Crippen molar-refractivity contribution in [1.29, 1.82) is 0 Å². The van der Waals surface area contributed by atoms with Crippen molar-refractivity contribution in [1.82, 2.24) is 15.3 Å². The van der Waals surface area contributed by atoms with Gasteiger partial charge < -0.3 is 10.3 Å². The molecule has 0 atom stereocenters. The Bertz CT molecular complexity index is 485. The van der Waals surface area contributed by atoms with Crippen LogP contribution in [0.5, 0.6) is 0 Å². The normalized spacial score (nSPS) is 11.5. The second kappa shape index (κ2) is 5.32. The smallest absolute Gasteiger partial charge is 0.107 e. The van der Waals surface area contributed by atoms with E-state index >= 15 is 0 Å². The van der Waals surface area contributed by atoms with Crippen molar-refractivity contribution in [3.05, 3.63) is 29.6 Å². The predicted octanol–water partition coefficient (Wildman–Crippen LogP) is 2.52. The molecule has 3 heteroatoms. The van der Waals surface area contributed by atoms with Gasteiger partial charge in [0.25, 0.3) is 0 Å². The fraction of sp³-hybridized carbons (Fsp3) is 0.500. The number of benzene rings is 1. The van der Waals surface area contributed by atoms with Gasteiger partial charge in [0, 0.05) is 6.42 Å². The summed E-state index contributed by atoms with van der Waals surface area (Å²) in [4.78, 5) is 8.02. The zero-order valence-electron chi connectivity index (χ0n) is 10.9. The average Bonchev–Trinajstić information content (AvgIpc) is 2.66. The molecule has 0 radical (unpaired) electrons. The number of rotatable bonds is 5. The minimum absolute atomic E-state index is 0.638. The maximum Gasteiger partial charge on any atom is 0.107 e. The van der Waals surface area contributed by atoms with Crippen molar-refractivity contribution in [2.45, 2.75) is 26.7 Å². The monoisotopic (exact) mass is 231 g/mol. The number of hydrogen-bond acceptors (Lipinski definition) is 2. The van der Waals surface area contributed by atoms with Crippen molar-refractivity contribution in [2.75, 3.05) is 13.6 Å². The van der Waals surface area contributed by atoms with E-state index in [1.807, 2.05) is 7.05 Å². The summed E-state index contributed by atoms with van der Waals surface area (Å²) in [5, 5.41) is 3.17. The highest BCUT2D eigenvalue weighted by molar-refractivity contribution is 5.75. The van der Waals surface area contributed by atoms with E-state index in [-0.39, 0.29) is 0 Å². The number of aromatic nitrogens is 2. The van der Waals surface area contributed by atoms with Crippen molar-refractivity contribution in [3.63, 3.8) is 0 Å². The molecular weight excluding hydrogens is 210 g/mol. The first kappa shape index (κ1) is 12.1. The van der Waals surface area contributed by atoms with Gasteiger partial charge in [-0.2, -0.15) is 0 Å². The minimum atomic E-state index is 0.638. The van der Waals surface area contributed by atoms with Crippen LogP contribution in [0.2, 0.25) is 0 Å². The number of H-pyrrole nitrogens is 1. The third-order valence-corrected chi connectivity index (χ3v) is 2.86. The van der Waals surface area contributed by atoms with Gasteiger partial charge in [-0.15, -0.1) is 0 Å². The largest absolute Gasteiger partial charge is 0.342 e. The second-order valence-corrected chi connectivity index (χ2v) is 4.99. The van der Waals surface area contributed by atoms with Crippen LogP contribution in [-0.4, -0.2) is 23.6 Å². The fourth-order valence-electron chi connectivity index (χ4n) is 2.02. The summed E-state index contributed by atoms with van der Waals surface area (Å²) in [5.74, 6) is 1.74. The Morgan fingerprint density at radius 3 is 2.88 bits per heavy atom. The van der Waals surface area contributed by atoms with Gasteiger partial charge in [-0.25, -0.2) is 4.98 Å². The molecule has 0 aliphatic heterocycles. The highest BCUT2D eigenvalue weighted by atomic mass is 14.9. The van der Waals surface area contributed by atoms with E-state index < -0.39 is 0 Å². The first-order valence-corrected chi connectivity index (χ1v) is 6.31. The summed E-state index contributed by atoms with van der Waals surface area (Å²) in [6, 6.07) is 6.49. The summed E-state index contributed by atoms with van der Waals surface area (Å²) >= 11 is 0. The van der Waals surface area contributed by atoms with Gasteiger partial charge >= 0.3 is 0 Å². The molecule has 17 heavy (non-hydrogen) atoms. The first-order chi connectivity index (χ1) is 8.19. The molecule has 0 aliphatic carbocycles. The van der Waals surface area contributed by atoms with Crippen LogP contribution >= 0.6 is 0 Å². The number of aromatic amines is 1. The molecule has 0 unspecified atom stereocenters. The number of nitrogens with zero attached hydrogens (tertiary/aromatic N) is 1. The maximum absolute atomic E-state index is 4.60.